The molecule has 35 heavy (non-hydrogen) atoms. The second-order valence-corrected chi connectivity index (χ2v) is 9.86. The van der Waals surface area contributed by atoms with Crippen molar-refractivity contribution in [3.63, 3.8) is 0 Å². The fourth-order valence-corrected chi connectivity index (χ4v) is 5.25. The zero-order chi connectivity index (χ0) is 24.8. The van der Waals surface area contributed by atoms with Gasteiger partial charge in [0.05, 0.1) is 19.3 Å². The van der Waals surface area contributed by atoms with Crippen molar-refractivity contribution in [3.8, 4) is 22.8 Å². The van der Waals surface area contributed by atoms with E-state index in [1.807, 2.05) is 29.6 Å². The summed E-state index contributed by atoms with van der Waals surface area (Å²) in [6, 6.07) is 12.0. The minimum atomic E-state index is -0.0143. The van der Waals surface area contributed by atoms with Gasteiger partial charge in [0, 0.05) is 43.7 Å². The molecule has 1 aromatic heterocycles. The molecule has 1 amide bonds. The van der Waals surface area contributed by atoms with Crippen LogP contribution in [0.2, 0.25) is 0 Å². The van der Waals surface area contributed by atoms with Crippen LogP contribution in [0.3, 0.4) is 0 Å². The Hall–Kier alpha value is -2.94. The molecule has 0 spiro atoms. The fraction of sp³-hybridized carbons (Fsp3) is 0.407. The summed E-state index contributed by atoms with van der Waals surface area (Å²) in [5, 5.41) is 5.66. The van der Waals surface area contributed by atoms with Crippen LogP contribution in [0.15, 0.2) is 41.8 Å². The highest BCUT2D eigenvalue weighted by Gasteiger charge is 2.20. The molecule has 1 saturated heterocycles. The minimum Gasteiger partial charge on any atom is -0.497 e. The monoisotopic (exact) mass is 494 g/mol. The molecular weight excluding hydrogens is 460 g/mol. The van der Waals surface area contributed by atoms with Gasteiger partial charge in [-0.15, -0.1) is 11.3 Å². The summed E-state index contributed by atoms with van der Waals surface area (Å²) in [5.74, 6) is 1.66. The molecule has 1 fully saturated rings. The standard InChI is InChI=1S/C27H34N4O3S/c1-19-15-20(2)26(21(3)16-19)24-18-35-27(28-24)29-25(32)17-31-11-9-30(10-12-31)13-14-34-23-7-5-22(33-4)6-8-23/h5-8,15-16,18H,9-14,17H2,1-4H3,(H,28,29,32). The number of carbonyl (C=O) groups is 1. The molecule has 7 nitrogen and oxygen atoms in total. The third-order valence-corrected chi connectivity index (χ3v) is 7.01. The van der Waals surface area contributed by atoms with Crippen molar-refractivity contribution in [1.82, 2.24) is 14.8 Å². The van der Waals surface area contributed by atoms with Crippen LogP contribution in [-0.2, 0) is 4.79 Å². The quantitative estimate of drug-likeness (QED) is 0.476. The molecule has 1 aliphatic rings. The van der Waals surface area contributed by atoms with Gasteiger partial charge >= 0.3 is 0 Å². The topological polar surface area (TPSA) is 66.9 Å². The summed E-state index contributed by atoms with van der Waals surface area (Å²) in [6.45, 7) is 11.8. The van der Waals surface area contributed by atoms with Crippen LogP contribution in [0.25, 0.3) is 11.3 Å². The van der Waals surface area contributed by atoms with E-state index in [2.05, 4.69) is 53.0 Å². The van der Waals surface area contributed by atoms with E-state index in [0.717, 1.165) is 55.5 Å². The molecule has 0 radical (unpaired) electrons. The number of carbonyl (C=O) groups excluding carboxylic acids is 1. The lowest BCUT2D eigenvalue weighted by molar-refractivity contribution is -0.117. The summed E-state index contributed by atoms with van der Waals surface area (Å²) < 4.78 is 11.0. The number of amides is 1. The smallest absolute Gasteiger partial charge is 0.240 e. The highest BCUT2D eigenvalue weighted by Crippen LogP contribution is 2.31. The number of aryl methyl sites for hydroxylation is 3. The molecule has 0 aliphatic carbocycles. The van der Waals surface area contributed by atoms with Gasteiger partial charge in [-0.2, -0.15) is 0 Å². The third kappa shape index (κ3) is 6.81. The number of anilines is 1. The predicted octanol–water partition coefficient (Wildman–Crippen LogP) is 4.38. The summed E-state index contributed by atoms with van der Waals surface area (Å²) in [5.41, 5.74) is 5.73. The Balaban J connectivity index is 1.19. The molecule has 0 unspecified atom stereocenters. The number of benzene rings is 2. The second-order valence-electron chi connectivity index (χ2n) is 9.00. The fourth-order valence-electron chi connectivity index (χ4n) is 4.53. The van der Waals surface area contributed by atoms with Gasteiger partial charge in [0.15, 0.2) is 5.13 Å². The van der Waals surface area contributed by atoms with Crippen LogP contribution >= 0.6 is 11.3 Å². The zero-order valence-electron chi connectivity index (χ0n) is 21.0. The van der Waals surface area contributed by atoms with Gasteiger partial charge in [0.25, 0.3) is 0 Å². The average Bonchev–Trinajstić information content (AvgIpc) is 3.27. The van der Waals surface area contributed by atoms with Crippen LogP contribution in [-0.4, -0.2) is 73.7 Å². The van der Waals surface area contributed by atoms with Crippen LogP contribution < -0.4 is 14.8 Å². The van der Waals surface area contributed by atoms with E-state index in [1.165, 1.54) is 28.0 Å². The Bertz CT molecular complexity index is 1110. The summed E-state index contributed by atoms with van der Waals surface area (Å²) in [6.07, 6.45) is 0. The first-order chi connectivity index (χ1) is 16.9. The van der Waals surface area contributed by atoms with Gasteiger partial charge in [-0.3, -0.25) is 14.6 Å². The van der Waals surface area contributed by atoms with Crippen LogP contribution in [0.4, 0.5) is 5.13 Å². The first-order valence-electron chi connectivity index (χ1n) is 12.0. The van der Waals surface area contributed by atoms with Crippen molar-refractivity contribution in [2.45, 2.75) is 20.8 Å². The number of hydrogen-bond donors (Lipinski definition) is 1. The normalized spacial score (nSPS) is 14.6. The van der Waals surface area contributed by atoms with E-state index in [4.69, 9.17) is 9.47 Å². The Labute approximate surface area is 211 Å². The number of ether oxygens (including phenoxy) is 2. The molecule has 3 aromatic rings. The Kier molecular flexibility index (Phi) is 8.38. The predicted molar refractivity (Wildman–Crippen MR) is 142 cm³/mol. The largest absolute Gasteiger partial charge is 0.497 e. The maximum Gasteiger partial charge on any atom is 0.240 e. The number of piperazine rings is 1. The van der Waals surface area contributed by atoms with Crippen molar-refractivity contribution in [1.29, 1.82) is 0 Å². The number of nitrogens with zero attached hydrogens (tertiary/aromatic N) is 3. The molecule has 1 aliphatic heterocycles. The highest BCUT2D eigenvalue weighted by molar-refractivity contribution is 7.14. The Morgan fingerprint density at radius 1 is 1.00 bits per heavy atom. The second kappa shape index (κ2) is 11.7. The Morgan fingerprint density at radius 3 is 2.29 bits per heavy atom. The van der Waals surface area contributed by atoms with E-state index in [9.17, 15) is 4.79 Å². The molecule has 8 heteroatoms. The van der Waals surface area contributed by atoms with Crippen molar-refractivity contribution in [2.75, 3.05) is 58.3 Å². The number of hydrogen-bond acceptors (Lipinski definition) is 7. The molecule has 1 N–H and O–H groups in total. The van der Waals surface area contributed by atoms with Crippen LogP contribution in [0, 0.1) is 20.8 Å². The molecule has 4 rings (SSSR count). The van der Waals surface area contributed by atoms with Crippen molar-refractivity contribution < 1.29 is 14.3 Å². The van der Waals surface area contributed by atoms with Gasteiger partial charge in [0.2, 0.25) is 5.91 Å². The zero-order valence-corrected chi connectivity index (χ0v) is 21.8. The number of nitrogens with one attached hydrogen (secondary N) is 1. The van der Waals surface area contributed by atoms with Gasteiger partial charge in [-0.1, -0.05) is 17.7 Å². The number of rotatable bonds is 9. The van der Waals surface area contributed by atoms with Crippen molar-refractivity contribution in [3.05, 3.63) is 58.5 Å². The van der Waals surface area contributed by atoms with E-state index in [1.54, 1.807) is 7.11 Å². The molecule has 2 heterocycles. The van der Waals surface area contributed by atoms with Crippen molar-refractivity contribution in [2.24, 2.45) is 0 Å². The third-order valence-electron chi connectivity index (χ3n) is 6.25. The van der Waals surface area contributed by atoms with Gasteiger partial charge < -0.3 is 14.8 Å². The summed E-state index contributed by atoms with van der Waals surface area (Å²) >= 11 is 1.48. The minimum absolute atomic E-state index is 0.0143. The maximum atomic E-state index is 12.6. The first-order valence-corrected chi connectivity index (χ1v) is 12.8. The molecule has 0 saturated carbocycles. The van der Waals surface area contributed by atoms with Gasteiger partial charge in [-0.05, 0) is 56.2 Å². The van der Waals surface area contributed by atoms with Crippen molar-refractivity contribution >= 4 is 22.4 Å². The van der Waals surface area contributed by atoms with E-state index in [0.29, 0.717) is 18.3 Å². The summed E-state index contributed by atoms with van der Waals surface area (Å²) in [7, 11) is 1.65. The van der Waals surface area contributed by atoms with Crippen LogP contribution in [0.1, 0.15) is 16.7 Å². The van der Waals surface area contributed by atoms with E-state index in [-0.39, 0.29) is 5.91 Å². The molecule has 0 atom stereocenters. The maximum absolute atomic E-state index is 12.6. The summed E-state index contributed by atoms with van der Waals surface area (Å²) in [4.78, 5) is 21.9. The lowest BCUT2D eigenvalue weighted by atomic mass is 9.98. The Morgan fingerprint density at radius 2 is 1.63 bits per heavy atom. The lowest BCUT2D eigenvalue weighted by Gasteiger charge is -2.34. The lowest BCUT2D eigenvalue weighted by Crippen LogP contribution is -2.49. The van der Waals surface area contributed by atoms with E-state index >= 15 is 0 Å². The molecule has 0 bridgehead atoms. The van der Waals surface area contributed by atoms with Crippen LogP contribution in [0.5, 0.6) is 11.5 Å². The molecule has 186 valence electrons. The molecule has 2 aromatic carbocycles. The highest BCUT2D eigenvalue weighted by atomic mass is 32.1. The average molecular weight is 495 g/mol. The first kappa shape index (κ1) is 25.2. The van der Waals surface area contributed by atoms with Gasteiger partial charge in [0.1, 0.15) is 18.1 Å². The SMILES string of the molecule is COc1ccc(OCCN2CCN(CC(=O)Nc3nc(-c4c(C)cc(C)cc4C)cs3)CC2)cc1. The number of aromatic nitrogens is 1. The molecular formula is C27H34N4O3S. The van der Waals surface area contributed by atoms with Gasteiger partial charge in [-0.25, -0.2) is 4.98 Å². The number of thiazole rings is 1. The van der Waals surface area contributed by atoms with E-state index < -0.39 is 0 Å². The number of methoxy groups -OCH3 is 1.